The van der Waals surface area contributed by atoms with Crippen molar-refractivity contribution in [3.63, 3.8) is 0 Å². The lowest BCUT2D eigenvalue weighted by Crippen LogP contribution is -2.50. The molecule has 1 amide bonds. The SMILES string of the molecule is NC/C=C/CNC(=O)C(F)(F)C(F)(F)F. The lowest BCUT2D eigenvalue weighted by molar-refractivity contribution is -0.269. The molecule has 3 N–H and O–H groups in total. The number of hydrogen-bond acceptors (Lipinski definition) is 2. The minimum Gasteiger partial charge on any atom is -0.347 e. The second-order valence-corrected chi connectivity index (χ2v) is 2.49. The quantitative estimate of drug-likeness (QED) is 0.556. The van der Waals surface area contributed by atoms with Crippen LogP contribution in [0.5, 0.6) is 0 Å². The monoisotopic (exact) mass is 232 g/mol. The van der Waals surface area contributed by atoms with E-state index in [1.54, 1.807) is 0 Å². The summed E-state index contributed by atoms with van der Waals surface area (Å²) in [5.74, 6) is -7.75. The molecule has 0 aromatic heterocycles. The van der Waals surface area contributed by atoms with Crippen molar-refractivity contribution in [2.24, 2.45) is 5.73 Å². The summed E-state index contributed by atoms with van der Waals surface area (Å²) in [7, 11) is 0. The summed E-state index contributed by atoms with van der Waals surface area (Å²) in [6.07, 6.45) is -3.40. The molecule has 0 radical (unpaired) electrons. The summed E-state index contributed by atoms with van der Waals surface area (Å²) in [6, 6.07) is 0. The van der Waals surface area contributed by atoms with Crippen molar-refractivity contribution in [2.45, 2.75) is 12.1 Å². The van der Waals surface area contributed by atoms with Gasteiger partial charge in [-0.2, -0.15) is 22.0 Å². The fourth-order valence-electron chi connectivity index (χ4n) is 0.571. The van der Waals surface area contributed by atoms with E-state index in [4.69, 9.17) is 5.73 Å². The molecule has 0 unspecified atom stereocenters. The molecule has 0 atom stereocenters. The summed E-state index contributed by atoms with van der Waals surface area (Å²) in [5, 5.41) is 1.41. The molecule has 0 aliphatic heterocycles. The Morgan fingerprint density at radius 1 is 1.20 bits per heavy atom. The van der Waals surface area contributed by atoms with Crippen LogP contribution in [-0.2, 0) is 4.79 Å². The maximum atomic E-state index is 12.2. The van der Waals surface area contributed by atoms with Gasteiger partial charge in [-0.15, -0.1) is 0 Å². The molecule has 0 spiro atoms. The Morgan fingerprint density at radius 3 is 2.13 bits per heavy atom. The highest BCUT2D eigenvalue weighted by atomic mass is 19.4. The average Bonchev–Trinajstić information content (AvgIpc) is 2.10. The van der Waals surface area contributed by atoms with Gasteiger partial charge in [-0.1, -0.05) is 12.2 Å². The fourth-order valence-corrected chi connectivity index (χ4v) is 0.571. The molecule has 88 valence electrons. The van der Waals surface area contributed by atoms with Crippen LogP contribution in [0.2, 0.25) is 0 Å². The first-order chi connectivity index (χ1) is 6.73. The number of hydrogen-bond donors (Lipinski definition) is 2. The van der Waals surface area contributed by atoms with Gasteiger partial charge in [-0.25, -0.2) is 0 Å². The van der Waals surface area contributed by atoms with E-state index in [9.17, 15) is 26.7 Å². The van der Waals surface area contributed by atoms with Crippen LogP contribution in [0.1, 0.15) is 0 Å². The van der Waals surface area contributed by atoms with E-state index in [-0.39, 0.29) is 6.54 Å². The van der Waals surface area contributed by atoms with E-state index in [0.717, 1.165) is 0 Å². The van der Waals surface area contributed by atoms with Gasteiger partial charge >= 0.3 is 18.0 Å². The number of rotatable bonds is 4. The Balaban J connectivity index is 4.27. The summed E-state index contributed by atoms with van der Waals surface area (Å²) in [4.78, 5) is 10.4. The molecule has 0 saturated carbocycles. The molecule has 0 aromatic carbocycles. The molecule has 15 heavy (non-hydrogen) atoms. The predicted octanol–water partition coefficient (Wildman–Crippen LogP) is 0.815. The smallest absolute Gasteiger partial charge is 0.347 e. The third-order valence-electron chi connectivity index (χ3n) is 1.32. The van der Waals surface area contributed by atoms with Crippen LogP contribution in [0, 0.1) is 0 Å². The van der Waals surface area contributed by atoms with Gasteiger partial charge in [0.1, 0.15) is 0 Å². The van der Waals surface area contributed by atoms with Gasteiger partial charge in [0.2, 0.25) is 0 Å². The van der Waals surface area contributed by atoms with Crippen LogP contribution < -0.4 is 11.1 Å². The second kappa shape index (κ2) is 5.06. The molecule has 0 heterocycles. The standard InChI is InChI=1S/C7H9F5N2O/c8-6(9,7(10,11)12)5(15)14-4-2-1-3-13/h1-2H,3-4,13H2,(H,14,15)/b2-1+. The first kappa shape index (κ1) is 13.8. The minimum absolute atomic E-state index is 0.103. The zero-order chi connectivity index (χ0) is 12.1. The molecular formula is C7H9F5N2O. The Kier molecular flexibility index (Phi) is 4.66. The number of nitrogens with two attached hydrogens (primary N) is 1. The van der Waals surface area contributed by atoms with Crippen LogP contribution in [0.3, 0.4) is 0 Å². The van der Waals surface area contributed by atoms with Crippen LogP contribution in [0.25, 0.3) is 0 Å². The highest BCUT2D eigenvalue weighted by Gasteiger charge is 2.63. The van der Waals surface area contributed by atoms with Gasteiger partial charge in [0.15, 0.2) is 0 Å². The zero-order valence-corrected chi connectivity index (χ0v) is 7.44. The third kappa shape index (κ3) is 3.82. The maximum absolute atomic E-state index is 12.2. The van der Waals surface area contributed by atoms with Gasteiger partial charge in [-0.05, 0) is 0 Å². The Hall–Kier alpha value is -1.18. The predicted molar refractivity (Wildman–Crippen MR) is 42.2 cm³/mol. The molecule has 3 nitrogen and oxygen atoms in total. The van der Waals surface area contributed by atoms with E-state index < -0.39 is 24.6 Å². The molecule has 0 bridgehead atoms. The van der Waals surface area contributed by atoms with Gasteiger partial charge in [0.05, 0.1) is 0 Å². The number of carbonyl (C=O) groups is 1. The highest BCUT2D eigenvalue weighted by molar-refractivity contribution is 5.84. The van der Waals surface area contributed by atoms with Gasteiger partial charge in [0, 0.05) is 13.1 Å². The number of amides is 1. The Bertz CT molecular complexity index is 248. The molecule has 0 saturated heterocycles. The summed E-state index contributed by atoms with van der Waals surface area (Å²) in [6.45, 7) is -0.326. The van der Waals surface area contributed by atoms with E-state index in [0.29, 0.717) is 0 Å². The molecule has 0 aromatic rings. The van der Waals surface area contributed by atoms with Crippen molar-refractivity contribution < 1.29 is 26.7 Å². The summed E-state index contributed by atoms with van der Waals surface area (Å²) < 4.78 is 59.3. The molecule has 0 aliphatic carbocycles. The van der Waals surface area contributed by atoms with Crippen molar-refractivity contribution >= 4 is 5.91 Å². The average molecular weight is 232 g/mol. The molecule has 8 heteroatoms. The van der Waals surface area contributed by atoms with E-state index in [1.165, 1.54) is 17.5 Å². The zero-order valence-electron chi connectivity index (χ0n) is 7.44. The summed E-state index contributed by atoms with van der Waals surface area (Å²) >= 11 is 0. The topological polar surface area (TPSA) is 55.1 Å². The second-order valence-electron chi connectivity index (χ2n) is 2.49. The Labute approximate surface area is 82.1 Å². The van der Waals surface area contributed by atoms with E-state index >= 15 is 0 Å². The largest absolute Gasteiger partial charge is 0.463 e. The maximum Gasteiger partial charge on any atom is 0.463 e. The van der Waals surface area contributed by atoms with Gasteiger partial charge < -0.3 is 11.1 Å². The van der Waals surface area contributed by atoms with Crippen LogP contribution in [-0.4, -0.2) is 31.1 Å². The Morgan fingerprint density at radius 2 is 1.73 bits per heavy atom. The van der Waals surface area contributed by atoms with Crippen LogP contribution >= 0.6 is 0 Å². The number of nitrogens with one attached hydrogen (secondary N) is 1. The van der Waals surface area contributed by atoms with E-state index in [2.05, 4.69) is 0 Å². The van der Waals surface area contributed by atoms with Crippen molar-refractivity contribution in [2.75, 3.05) is 13.1 Å². The lowest BCUT2D eigenvalue weighted by atomic mass is 10.3. The van der Waals surface area contributed by atoms with Crippen LogP contribution in [0.15, 0.2) is 12.2 Å². The van der Waals surface area contributed by atoms with Gasteiger partial charge in [-0.3, -0.25) is 4.79 Å². The molecule has 0 aliphatic rings. The number of alkyl halides is 5. The minimum atomic E-state index is -5.88. The van der Waals surface area contributed by atoms with Crippen molar-refractivity contribution in [3.8, 4) is 0 Å². The third-order valence-corrected chi connectivity index (χ3v) is 1.32. The van der Waals surface area contributed by atoms with E-state index in [1.807, 2.05) is 0 Å². The summed E-state index contributed by atoms with van der Waals surface area (Å²) in [5.41, 5.74) is 4.97. The van der Waals surface area contributed by atoms with Crippen LogP contribution in [0.4, 0.5) is 22.0 Å². The van der Waals surface area contributed by atoms with Crippen molar-refractivity contribution in [1.29, 1.82) is 0 Å². The number of halogens is 5. The first-order valence-corrected chi connectivity index (χ1v) is 3.81. The fraction of sp³-hybridized carbons (Fsp3) is 0.571. The molecule has 0 rings (SSSR count). The van der Waals surface area contributed by atoms with Crippen molar-refractivity contribution in [3.05, 3.63) is 12.2 Å². The highest BCUT2D eigenvalue weighted by Crippen LogP contribution is 2.35. The molecular weight excluding hydrogens is 223 g/mol. The normalized spacial score (nSPS) is 13.2. The first-order valence-electron chi connectivity index (χ1n) is 3.81. The van der Waals surface area contributed by atoms with Crippen molar-refractivity contribution in [1.82, 2.24) is 5.32 Å². The molecule has 0 fully saturated rings. The number of carbonyl (C=O) groups excluding carboxylic acids is 1. The lowest BCUT2D eigenvalue weighted by Gasteiger charge is -2.17. The van der Waals surface area contributed by atoms with Gasteiger partial charge in [0.25, 0.3) is 0 Å².